The molecule has 0 radical (unpaired) electrons. The van der Waals surface area contributed by atoms with E-state index in [9.17, 15) is 9.59 Å². The van der Waals surface area contributed by atoms with Gasteiger partial charge in [0.15, 0.2) is 0 Å². The van der Waals surface area contributed by atoms with Gasteiger partial charge in [-0.1, -0.05) is 23.7 Å². The minimum Gasteiger partial charge on any atom is -0.466 e. The van der Waals surface area contributed by atoms with Crippen LogP contribution in [0.1, 0.15) is 24.4 Å². The lowest BCUT2D eigenvalue weighted by Gasteiger charge is -2.31. The molecule has 1 aromatic rings. The van der Waals surface area contributed by atoms with E-state index in [1.54, 1.807) is 18.2 Å². The van der Waals surface area contributed by atoms with Crippen molar-refractivity contribution in [2.75, 3.05) is 26.7 Å². The van der Waals surface area contributed by atoms with E-state index in [-0.39, 0.29) is 6.03 Å². The lowest BCUT2D eigenvalue weighted by molar-refractivity contribution is -0.136. The third-order valence-corrected chi connectivity index (χ3v) is 4.56. The molecule has 7 heteroatoms. The van der Waals surface area contributed by atoms with Crippen LogP contribution in [0.3, 0.4) is 0 Å². The van der Waals surface area contributed by atoms with Crippen LogP contribution in [-0.4, -0.2) is 43.6 Å². The minimum absolute atomic E-state index is 0.332. The number of urea groups is 1. The number of carbonyl (C=O) groups is 2. The van der Waals surface area contributed by atoms with Gasteiger partial charge in [0.25, 0.3) is 0 Å². The SMILES string of the molecule is COC(=O)C1=C(CN2CCCC2)NC(=O)N[C@@H]1c1cccc(Cl)c1. The normalized spacial score (nSPS) is 21.4. The molecule has 128 valence electrons. The average Bonchev–Trinajstić information content (AvgIpc) is 3.06. The van der Waals surface area contributed by atoms with Crippen LogP contribution in [0.25, 0.3) is 0 Å². The fourth-order valence-corrected chi connectivity index (χ4v) is 3.39. The third-order valence-electron chi connectivity index (χ3n) is 4.32. The number of nitrogens with zero attached hydrogens (tertiary/aromatic N) is 1. The fraction of sp³-hybridized carbons (Fsp3) is 0.412. The Labute approximate surface area is 145 Å². The number of benzene rings is 1. The monoisotopic (exact) mass is 349 g/mol. The van der Waals surface area contributed by atoms with E-state index in [0.29, 0.717) is 22.8 Å². The predicted octanol–water partition coefficient (Wildman–Crippen LogP) is 2.22. The van der Waals surface area contributed by atoms with Crippen LogP contribution in [-0.2, 0) is 9.53 Å². The highest BCUT2D eigenvalue weighted by Gasteiger charge is 2.34. The van der Waals surface area contributed by atoms with Gasteiger partial charge in [-0.25, -0.2) is 9.59 Å². The molecule has 2 aliphatic heterocycles. The summed E-state index contributed by atoms with van der Waals surface area (Å²) in [5.74, 6) is -0.457. The van der Waals surface area contributed by atoms with Crippen LogP contribution < -0.4 is 10.6 Å². The van der Waals surface area contributed by atoms with E-state index in [1.807, 2.05) is 6.07 Å². The van der Waals surface area contributed by atoms with Gasteiger partial charge in [-0.15, -0.1) is 0 Å². The summed E-state index contributed by atoms with van der Waals surface area (Å²) in [5.41, 5.74) is 1.76. The first kappa shape index (κ1) is 16.8. The third kappa shape index (κ3) is 3.55. The van der Waals surface area contributed by atoms with Crippen LogP contribution in [0.4, 0.5) is 4.79 Å². The number of likely N-dealkylation sites (tertiary alicyclic amines) is 1. The average molecular weight is 350 g/mol. The number of nitrogens with one attached hydrogen (secondary N) is 2. The molecule has 1 aromatic carbocycles. The van der Waals surface area contributed by atoms with Gasteiger partial charge in [0.2, 0.25) is 0 Å². The largest absolute Gasteiger partial charge is 0.466 e. The predicted molar refractivity (Wildman–Crippen MR) is 90.6 cm³/mol. The zero-order valence-corrected chi connectivity index (χ0v) is 14.2. The first-order chi connectivity index (χ1) is 11.6. The van der Waals surface area contributed by atoms with Crippen molar-refractivity contribution in [3.05, 3.63) is 46.1 Å². The zero-order valence-electron chi connectivity index (χ0n) is 13.5. The molecule has 0 saturated carbocycles. The van der Waals surface area contributed by atoms with Crippen LogP contribution in [0.5, 0.6) is 0 Å². The molecule has 0 aromatic heterocycles. The molecule has 1 fully saturated rings. The molecule has 2 amide bonds. The smallest absolute Gasteiger partial charge is 0.338 e. The molecule has 3 rings (SSSR count). The molecule has 2 heterocycles. The summed E-state index contributed by atoms with van der Waals surface area (Å²) in [6.07, 6.45) is 2.26. The number of carbonyl (C=O) groups excluding carboxylic acids is 2. The Hall–Kier alpha value is -2.05. The van der Waals surface area contributed by atoms with Gasteiger partial charge in [0.05, 0.1) is 18.7 Å². The van der Waals surface area contributed by atoms with Crippen molar-refractivity contribution >= 4 is 23.6 Å². The number of rotatable bonds is 4. The number of esters is 1. The topological polar surface area (TPSA) is 70.7 Å². The highest BCUT2D eigenvalue weighted by molar-refractivity contribution is 6.30. The second-order valence-electron chi connectivity index (χ2n) is 5.95. The lowest BCUT2D eigenvalue weighted by Crippen LogP contribution is -2.48. The second-order valence-corrected chi connectivity index (χ2v) is 6.39. The molecular weight excluding hydrogens is 330 g/mol. The van der Waals surface area contributed by atoms with Gasteiger partial charge in [0, 0.05) is 17.3 Å². The summed E-state index contributed by atoms with van der Waals surface area (Å²) in [6, 6.07) is 6.21. The molecule has 2 aliphatic rings. The summed E-state index contributed by atoms with van der Waals surface area (Å²) in [6.45, 7) is 2.45. The van der Waals surface area contributed by atoms with Gasteiger partial charge >= 0.3 is 12.0 Å². The van der Waals surface area contributed by atoms with Crippen molar-refractivity contribution in [1.82, 2.24) is 15.5 Å². The summed E-state index contributed by atoms with van der Waals surface area (Å²) in [4.78, 5) is 26.7. The lowest BCUT2D eigenvalue weighted by atomic mass is 9.95. The molecule has 1 saturated heterocycles. The maximum Gasteiger partial charge on any atom is 0.338 e. The van der Waals surface area contributed by atoms with Crippen molar-refractivity contribution < 1.29 is 14.3 Å². The number of amides is 2. The van der Waals surface area contributed by atoms with Crippen LogP contribution in [0.2, 0.25) is 5.02 Å². The first-order valence-corrected chi connectivity index (χ1v) is 8.33. The zero-order chi connectivity index (χ0) is 17.1. The van der Waals surface area contributed by atoms with E-state index in [4.69, 9.17) is 16.3 Å². The van der Waals surface area contributed by atoms with Crippen molar-refractivity contribution in [2.24, 2.45) is 0 Å². The molecule has 0 spiro atoms. The van der Waals surface area contributed by atoms with E-state index in [0.717, 1.165) is 31.5 Å². The summed E-state index contributed by atoms with van der Waals surface area (Å²) < 4.78 is 4.96. The maximum absolute atomic E-state index is 12.4. The number of methoxy groups -OCH3 is 1. The molecule has 6 nitrogen and oxygen atoms in total. The Bertz CT molecular complexity index is 683. The first-order valence-electron chi connectivity index (χ1n) is 7.95. The Morgan fingerprint density at radius 3 is 2.79 bits per heavy atom. The Morgan fingerprint density at radius 2 is 2.12 bits per heavy atom. The van der Waals surface area contributed by atoms with E-state index in [2.05, 4.69) is 15.5 Å². The van der Waals surface area contributed by atoms with E-state index >= 15 is 0 Å². The summed E-state index contributed by atoms with van der Waals surface area (Å²) in [5, 5.41) is 6.12. The molecule has 0 unspecified atom stereocenters. The second kappa shape index (κ2) is 7.23. The van der Waals surface area contributed by atoms with Gasteiger partial charge < -0.3 is 15.4 Å². The van der Waals surface area contributed by atoms with Crippen LogP contribution in [0.15, 0.2) is 35.5 Å². The van der Waals surface area contributed by atoms with Gasteiger partial charge in [-0.2, -0.15) is 0 Å². The van der Waals surface area contributed by atoms with E-state index in [1.165, 1.54) is 7.11 Å². The van der Waals surface area contributed by atoms with Crippen LogP contribution in [0, 0.1) is 0 Å². The van der Waals surface area contributed by atoms with Crippen molar-refractivity contribution in [3.8, 4) is 0 Å². The molecule has 0 aliphatic carbocycles. The highest BCUT2D eigenvalue weighted by atomic mass is 35.5. The Balaban J connectivity index is 2.01. The summed E-state index contributed by atoms with van der Waals surface area (Å²) in [7, 11) is 1.34. The van der Waals surface area contributed by atoms with Crippen molar-refractivity contribution in [3.63, 3.8) is 0 Å². The van der Waals surface area contributed by atoms with Gasteiger partial charge in [-0.3, -0.25) is 4.90 Å². The quantitative estimate of drug-likeness (QED) is 0.818. The Kier molecular flexibility index (Phi) is 5.06. The van der Waals surface area contributed by atoms with Crippen LogP contribution >= 0.6 is 11.6 Å². The van der Waals surface area contributed by atoms with Crippen molar-refractivity contribution in [1.29, 1.82) is 0 Å². The number of hydrogen-bond donors (Lipinski definition) is 2. The molecular formula is C17H20ClN3O3. The maximum atomic E-state index is 12.4. The standard InChI is InChI=1S/C17H20ClN3O3/c1-24-16(22)14-13(10-21-7-2-3-8-21)19-17(23)20-15(14)11-5-4-6-12(18)9-11/h4-6,9,15H,2-3,7-8,10H2,1H3,(H2,19,20,23)/t15-/m1/s1. The number of halogens is 1. The fourth-order valence-electron chi connectivity index (χ4n) is 3.19. The van der Waals surface area contributed by atoms with Crippen molar-refractivity contribution in [2.45, 2.75) is 18.9 Å². The number of ether oxygens (including phenoxy) is 1. The Morgan fingerprint density at radius 1 is 1.38 bits per heavy atom. The molecule has 1 atom stereocenters. The molecule has 0 bridgehead atoms. The highest BCUT2D eigenvalue weighted by Crippen LogP contribution is 2.29. The van der Waals surface area contributed by atoms with E-state index < -0.39 is 12.0 Å². The van der Waals surface area contributed by atoms with Gasteiger partial charge in [-0.05, 0) is 43.6 Å². The minimum atomic E-state index is -0.581. The summed E-state index contributed by atoms with van der Waals surface area (Å²) >= 11 is 6.07. The van der Waals surface area contributed by atoms with Gasteiger partial charge in [0.1, 0.15) is 0 Å². The number of hydrogen-bond acceptors (Lipinski definition) is 4. The molecule has 24 heavy (non-hydrogen) atoms. The molecule has 2 N–H and O–H groups in total.